The Labute approximate surface area is 260 Å². The third-order valence-corrected chi connectivity index (χ3v) is 11.0. The van der Waals surface area contributed by atoms with Gasteiger partial charge in [-0.25, -0.2) is 0 Å². The molecular formula is C42H23NOS. The van der Waals surface area contributed by atoms with Crippen molar-refractivity contribution >= 4 is 108 Å². The van der Waals surface area contributed by atoms with Gasteiger partial charge in [-0.2, -0.15) is 0 Å². The van der Waals surface area contributed by atoms with Crippen molar-refractivity contribution in [2.24, 2.45) is 0 Å². The zero-order chi connectivity index (χ0) is 29.2. The summed E-state index contributed by atoms with van der Waals surface area (Å²) < 4.78 is 11.5. The van der Waals surface area contributed by atoms with E-state index in [2.05, 4.69) is 138 Å². The Balaban J connectivity index is 1.35. The maximum absolute atomic E-state index is 6.42. The Morgan fingerprint density at radius 3 is 1.84 bits per heavy atom. The molecule has 3 heteroatoms. The Kier molecular flexibility index (Phi) is 4.49. The second-order valence-electron chi connectivity index (χ2n) is 12.1. The first-order chi connectivity index (χ1) is 22.3. The molecule has 11 aromatic rings. The van der Waals surface area contributed by atoms with Crippen LogP contribution in [0, 0.1) is 0 Å². The van der Waals surface area contributed by atoms with Crippen molar-refractivity contribution in [1.82, 2.24) is 4.57 Å². The number of aromatic nitrogens is 1. The number of furan rings is 1. The minimum atomic E-state index is 0.926. The van der Waals surface area contributed by atoms with E-state index in [1.165, 1.54) is 80.0 Å². The van der Waals surface area contributed by atoms with Crippen LogP contribution in [0.15, 0.2) is 144 Å². The van der Waals surface area contributed by atoms with Gasteiger partial charge in [0.05, 0.1) is 21.4 Å². The van der Waals surface area contributed by atoms with Crippen LogP contribution in [0.4, 0.5) is 0 Å². The summed E-state index contributed by atoms with van der Waals surface area (Å²) in [5, 5.41) is 15.0. The minimum Gasteiger partial charge on any atom is -0.456 e. The molecule has 0 saturated heterocycles. The summed E-state index contributed by atoms with van der Waals surface area (Å²) in [5.74, 6) is 0. The number of nitrogens with zero attached hydrogens (tertiary/aromatic N) is 1. The molecule has 11 rings (SSSR count). The maximum Gasteiger partial charge on any atom is 0.136 e. The monoisotopic (exact) mass is 589 g/mol. The van der Waals surface area contributed by atoms with E-state index in [4.69, 9.17) is 4.42 Å². The molecule has 0 fully saturated rings. The van der Waals surface area contributed by atoms with Crippen LogP contribution < -0.4 is 0 Å². The van der Waals surface area contributed by atoms with E-state index in [0.717, 1.165) is 21.9 Å². The van der Waals surface area contributed by atoms with Crippen LogP contribution in [0.2, 0.25) is 0 Å². The zero-order valence-corrected chi connectivity index (χ0v) is 24.9. The Hall–Kier alpha value is -5.64. The molecule has 8 aromatic carbocycles. The van der Waals surface area contributed by atoms with Crippen molar-refractivity contribution < 1.29 is 4.42 Å². The molecule has 45 heavy (non-hydrogen) atoms. The van der Waals surface area contributed by atoms with Gasteiger partial charge in [0.1, 0.15) is 11.2 Å². The standard InChI is InChI=1S/C42H23NOS/c1-2-11-25-24(10-1)30-20-34-26-12-3-6-16-36(26)43(37-17-9-15-29-28-14-5-8-19-41(28)45-42(29)37)38(34)22-32(30)33-23-40-35(21-31(25)33)27-13-4-7-18-39(27)44-40/h1-23H. The fourth-order valence-electron chi connectivity index (χ4n) is 7.80. The molecule has 0 N–H and O–H groups in total. The number of rotatable bonds is 1. The van der Waals surface area contributed by atoms with E-state index >= 15 is 0 Å². The predicted molar refractivity (Wildman–Crippen MR) is 193 cm³/mol. The van der Waals surface area contributed by atoms with Crippen LogP contribution in [0.25, 0.3) is 102 Å². The number of thiophene rings is 1. The zero-order valence-electron chi connectivity index (χ0n) is 24.0. The molecular weight excluding hydrogens is 567 g/mol. The van der Waals surface area contributed by atoms with Crippen molar-refractivity contribution in [1.29, 1.82) is 0 Å². The van der Waals surface area contributed by atoms with E-state index in [1.54, 1.807) is 0 Å². The first-order valence-corrected chi connectivity index (χ1v) is 16.2. The lowest BCUT2D eigenvalue weighted by molar-refractivity contribution is 0.669. The second-order valence-corrected chi connectivity index (χ2v) is 13.1. The summed E-state index contributed by atoms with van der Waals surface area (Å²) >= 11 is 1.88. The molecule has 208 valence electrons. The fraction of sp³-hybridized carbons (Fsp3) is 0. The summed E-state index contributed by atoms with van der Waals surface area (Å²) in [6, 6.07) is 51.0. The van der Waals surface area contributed by atoms with Gasteiger partial charge in [0.2, 0.25) is 0 Å². The van der Waals surface area contributed by atoms with E-state index in [9.17, 15) is 0 Å². The molecule has 0 atom stereocenters. The summed E-state index contributed by atoms with van der Waals surface area (Å²) in [4.78, 5) is 0. The van der Waals surface area contributed by atoms with E-state index in [-0.39, 0.29) is 0 Å². The number of hydrogen-bond acceptors (Lipinski definition) is 2. The van der Waals surface area contributed by atoms with Crippen LogP contribution in [-0.4, -0.2) is 4.57 Å². The van der Waals surface area contributed by atoms with Crippen LogP contribution >= 0.6 is 11.3 Å². The normalized spacial score (nSPS) is 12.4. The van der Waals surface area contributed by atoms with Crippen molar-refractivity contribution in [3.8, 4) is 5.69 Å². The highest BCUT2D eigenvalue weighted by molar-refractivity contribution is 7.26. The highest BCUT2D eigenvalue weighted by Crippen LogP contribution is 2.45. The number of hydrogen-bond donors (Lipinski definition) is 0. The Bertz CT molecular complexity index is 3050. The van der Waals surface area contributed by atoms with Crippen LogP contribution in [0.3, 0.4) is 0 Å². The highest BCUT2D eigenvalue weighted by atomic mass is 32.1. The van der Waals surface area contributed by atoms with Gasteiger partial charge in [0, 0.05) is 37.0 Å². The second kappa shape index (κ2) is 8.50. The number of fused-ring (bicyclic) bond motifs is 15. The smallest absolute Gasteiger partial charge is 0.136 e. The lowest BCUT2D eigenvalue weighted by Crippen LogP contribution is -1.94. The van der Waals surface area contributed by atoms with Crippen LogP contribution in [-0.2, 0) is 0 Å². The third kappa shape index (κ3) is 3.08. The molecule has 2 nitrogen and oxygen atoms in total. The quantitative estimate of drug-likeness (QED) is 0.174. The minimum absolute atomic E-state index is 0.926. The molecule has 0 aliphatic heterocycles. The van der Waals surface area contributed by atoms with Crippen molar-refractivity contribution in [2.45, 2.75) is 0 Å². The summed E-state index contributed by atoms with van der Waals surface area (Å²) in [7, 11) is 0. The average molecular weight is 590 g/mol. The summed E-state index contributed by atoms with van der Waals surface area (Å²) in [6.45, 7) is 0. The molecule has 0 radical (unpaired) electrons. The van der Waals surface area contributed by atoms with E-state index in [1.807, 2.05) is 17.4 Å². The van der Waals surface area contributed by atoms with Gasteiger partial charge in [-0.05, 0) is 80.8 Å². The van der Waals surface area contributed by atoms with Gasteiger partial charge in [0.15, 0.2) is 0 Å². The molecule has 3 aromatic heterocycles. The summed E-state index contributed by atoms with van der Waals surface area (Å²) in [6.07, 6.45) is 0. The highest BCUT2D eigenvalue weighted by Gasteiger charge is 2.19. The van der Waals surface area contributed by atoms with Gasteiger partial charge < -0.3 is 8.98 Å². The third-order valence-electron chi connectivity index (χ3n) is 9.75. The largest absolute Gasteiger partial charge is 0.456 e. The first-order valence-electron chi connectivity index (χ1n) is 15.4. The molecule has 0 bridgehead atoms. The first kappa shape index (κ1) is 23.8. The number of para-hydroxylation sites is 2. The maximum atomic E-state index is 6.42. The lowest BCUT2D eigenvalue weighted by atomic mass is 9.92. The van der Waals surface area contributed by atoms with Gasteiger partial charge in [-0.3, -0.25) is 0 Å². The molecule has 0 spiro atoms. The Morgan fingerprint density at radius 1 is 0.378 bits per heavy atom. The van der Waals surface area contributed by atoms with Gasteiger partial charge in [-0.15, -0.1) is 11.3 Å². The molecule has 0 amide bonds. The topological polar surface area (TPSA) is 18.1 Å². The van der Waals surface area contributed by atoms with Gasteiger partial charge >= 0.3 is 0 Å². The predicted octanol–water partition coefficient (Wildman–Crippen LogP) is 12.5. The molecule has 0 saturated carbocycles. The van der Waals surface area contributed by atoms with E-state index in [0.29, 0.717) is 0 Å². The fourth-order valence-corrected chi connectivity index (χ4v) is 9.00. The van der Waals surface area contributed by atoms with Crippen molar-refractivity contribution in [3.63, 3.8) is 0 Å². The van der Waals surface area contributed by atoms with Gasteiger partial charge in [-0.1, -0.05) is 91.0 Å². The van der Waals surface area contributed by atoms with Crippen molar-refractivity contribution in [2.75, 3.05) is 0 Å². The molecule has 0 aliphatic carbocycles. The van der Waals surface area contributed by atoms with Crippen LogP contribution in [0.5, 0.6) is 0 Å². The lowest BCUT2D eigenvalue weighted by Gasteiger charge is -2.13. The number of benzene rings is 8. The SMILES string of the molecule is c1ccc2c(c1)oc1cc3c(cc12)c1ccccc1c1cc2c4ccccc4n(-c4cccc5c4sc4ccccc45)c2cc31. The van der Waals surface area contributed by atoms with E-state index < -0.39 is 0 Å². The average Bonchev–Trinajstić information content (AvgIpc) is 3.76. The molecule has 0 unspecified atom stereocenters. The summed E-state index contributed by atoms with van der Waals surface area (Å²) in [5.41, 5.74) is 5.52. The molecule has 0 aliphatic rings. The van der Waals surface area contributed by atoms with Gasteiger partial charge in [0.25, 0.3) is 0 Å². The van der Waals surface area contributed by atoms with Crippen molar-refractivity contribution in [3.05, 3.63) is 140 Å². The molecule has 3 heterocycles. The van der Waals surface area contributed by atoms with Crippen LogP contribution in [0.1, 0.15) is 0 Å². The Morgan fingerprint density at radius 2 is 1.00 bits per heavy atom.